The molecule has 0 bridgehead atoms. The van der Waals surface area contributed by atoms with Gasteiger partial charge in [0.2, 0.25) is 0 Å². The minimum Gasteiger partial charge on any atom is -0.462 e. The Morgan fingerprint density at radius 3 is 2.14 bits per heavy atom. The number of esters is 1. The van der Waals surface area contributed by atoms with Gasteiger partial charge in [-0.25, -0.2) is 4.79 Å². The lowest BCUT2D eigenvalue weighted by Gasteiger charge is -2.42. The van der Waals surface area contributed by atoms with E-state index in [2.05, 4.69) is 46.8 Å². The van der Waals surface area contributed by atoms with Crippen LogP contribution in [0.15, 0.2) is 42.5 Å². The van der Waals surface area contributed by atoms with Gasteiger partial charge in [-0.15, -0.1) is 0 Å². The molecule has 0 amide bonds. The van der Waals surface area contributed by atoms with Crippen molar-refractivity contribution in [2.45, 2.75) is 65.2 Å². The highest BCUT2D eigenvalue weighted by Crippen LogP contribution is 2.46. The maximum atomic E-state index is 12.7. The molecule has 0 fully saturated rings. The topological polar surface area (TPSA) is 26.3 Å². The summed E-state index contributed by atoms with van der Waals surface area (Å²) in [6.45, 7) is 13.7. The van der Waals surface area contributed by atoms with Gasteiger partial charge < -0.3 is 4.74 Å². The highest BCUT2D eigenvalue weighted by Gasteiger charge is 2.37. The van der Waals surface area contributed by atoms with E-state index < -0.39 is 0 Å². The lowest BCUT2D eigenvalue weighted by atomic mass is 9.62. The fourth-order valence-electron chi connectivity index (χ4n) is 4.14. The van der Waals surface area contributed by atoms with Crippen LogP contribution < -0.4 is 0 Å². The van der Waals surface area contributed by atoms with Gasteiger partial charge in [0.15, 0.2) is 0 Å². The molecule has 2 aromatic carbocycles. The van der Waals surface area contributed by atoms with E-state index in [-0.39, 0.29) is 16.8 Å². The zero-order chi connectivity index (χ0) is 20.5. The van der Waals surface area contributed by atoms with Gasteiger partial charge >= 0.3 is 5.97 Å². The number of ether oxygens (including phenoxy) is 1. The molecule has 2 heteroatoms. The molecule has 0 radical (unpaired) electrons. The maximum absolute atomic E-state index is 12.7. The number of benzene rings is 2. The summed E-state index contributed by atoms with van der Waals surface area (Å²) in [7, 11) is 0. The first-order valence-electron chi connectivity index (χ1n) is 10.3. The van der Waals surface area contributed by atoms with Gasteiger partial charge in [-0.05, 0) is 71.4 Å². The van der Waals surface area contributed by atoms with E-state index >= 15 is 0 Å². The third-order valence-electron chi connectivity index (χ3n) is 6.12. The number of aryl methyl sites for hydroxylation is 1. The first kappa shape index (κ1) is 20.4. The molecule has 0 saturated heterocycles. The van der Waals surface area contributed by atoms with Gasteiger partial charge in [0.25, 0.3) is 0 Å². The number of hydrogen-bond donors (Lipinski definition) is 0. The van der Waals surface area contributed by atoms with E-state index in [0.717, 1.165) is 11.1 Å². The number of hydrogen-bond acceptors (Lipinski definition) is 2. The predicted molar refractivity (Wildman–Crippen MR) is 117 cm³/mol. The predicted octanol–water partition coefficient (Wildman–Crippen LogP) is 6.45. The SMILES string of the molecule is CCOC(=O)C(=Cc1cc2c(cc1C)C(C)(C)CCC2(C)C)c1ccccc1. The van der Waals surface area contributed by atoms with Crippen molar-refractivity contribution < 1.29 is 9.53 Å². The van der Waals surface area contributed by atoms with Crippen LogP contribution in [0.4, 0.5) is 0 Å². The largest absolute Gasteiger partial charge is 0.462 e. The monoisotopic (exact) mass is 376 g/mol. The summed E-state index contributed by atoms with van der Waals surface area (Å²) in [6, 6.07) is 14.4. The third kappa shape index (κ3) is 3.92. The third-order valence-corrected chi connectivity index (χ3v) is 6.12. The Labute approximate surface area is 169 Å². The van der Waals surface area contributed by atoms with Crippen LogP contribution in [0.2, 0.25) is 0 Å². The van der Waals surface area contributed by atoms with Gasteiger partial charge in [-0.3, -0.25) is 0 Å². The second kappa shape index (κ2) is 7.58. The molecule has 0 saturated carbocycles. The quantitative estimate of drug-likeness (QED) is 0.348. The molecule has 0 aromatic heterocycles. The van der Waals surface area contributed by atoms with Gasteiger partial charge in [-0.2, -0.15) is 0 Å². The molecular weight excluding hydrogens is 344 g/mol. The van der Waals surface area contributed by atoms with Crippen molar-refractivity contribution in [3.63, 3.8) is 0 Å². The van der Waals surface area contributed by atoms with E-state index in [4.69, 9.17) is 4.74 Å². The van der Waals surface area contributed by atoms with Crippen LogP contribution in [0.25, 0.3) is 11.6 Å². The van der Waals surface area contributed by atoms with Gasteiger partial charge in [0.05, 0.1) is 12.2 Å². The fraction of sp³-hybridized carbons (Fsp3) is 0.423. The molecule has 0 aliphatic heterocycles. The zero-order valence-electron chi connectivity index (χ0n) is 18.1. The van der Waals surface area contributed by atoms with Crippen LogP contribution in [-0.4, -0.2) is 12.6 Å². The molecule has 28 heavy (non-hydrogen) atoms. The Balaban J connectivity index is 2.18. The van der Waals surface area contributed by atoms with Crippen LogP contribution >= 0.6 is 0 Å². The van der Waals surface area contributed by atoms with Gasteiger partial charge in [0.1, 0.15) is 0 Å². The van der Waals surface area contributed by atoms with Crippen LogP contribution in [0.3, 0.4) is 0 Å². The van der Waals surface area contributed by atoms with E-state index in [1.165, 1.54) is 29.5 Å². The Morgan fingerprint density at radius 2 is 1.57 bits per heavy atom. The molecule has 0 unspecified atom stereocenters. The van der Waals surface area contributed by atoms with Crippen molar-refractivity contribution in [2.75, 3.05) is 6.61 Å². The number of fused-ring (bicyclic) bond motifs is 1. The molecule has 0 atom stereocenters. The lowest BCUT2D eigenvalue weighted by Crippen LogP contribution is -2.34. The Bertz CT molecular complexity index is 902. The second-order valence-corrected chi connectivity index (χ2v) is 9.17. The highest BCUT2D eigenvalue weighted by molar-refractivity contribution is 6.21. The minimum atomic E-state index is -0.273. The van der Waals surface area contributed by atoms with Crippen molar-refractivity contribution >= 4 is 17.6 Å². The van der Waals surface area contributed by atoms with Crippen LogP contribution in [0.1, 0.15) is 75.3 Å². The summed E-state index contributed by atoms with van der Waals surface area (Å²) in [4.78, 5) is 12.7. The molecule has 2 aromatic rings. The highest BCUT2D eigenvalue weighted by atomic mass is 16.5. The van der Waals surface area contributed by atoms with E-state index in [9.17, 15) is 4.79 Å². The molecule has 1 aliphatic carbocycles. The number of carbonyl (C=O) groups is 1. The molecule has 3 rings (SSSR count). The van der Waals surface area contributed by atoms with E-state index in [0.29, 0.717) is 12.2 Å². The summed E-state index contributed by atoms with van der Waals surface area (Å²) in [5.74, 6) is -0.273. The normalized spacial score (nSPS) is 17.7. The molecule has 1 aliphatic rings. The van der Waals surface area contributed by atoms with Crippen LogP contribution in [-0.2, 0) is 20.4 Å². The summed E-state index contributed by atoms with van der Waals surface area (Å²) in [5.41, 5.74) is 6.95. The molecule has 0 heterocycles. The molecule has 0 spiro atoms. The Kier molecular flexibility index (Phi) is 5.52. The number of carbonyl (C=O) groups excluding carboxylic acids is 1. The molecule has 148 valence electrons. The molecule has 2 nitrogen and oxygen atoms in total. The van der Waals surface area contributed by atoms with Crippen molar-refractivity contribution in [1.82, 2.24) is 0 Å². The van der Waals surface area contributed by atoms with E-state index in [1.807, 2.05) is 43.3 Å². The standard InChI is InChI=1S/C26H32O2/c1-7-28-24(27)21(19-11-9-8-10-12-19)16-20-17-23-22(15-18(20)2)25(3,4)13-14-26(23,5)6/h8-12,15-17H,7,13-14H2,1-6H3. The van der Waals surface area contributed by atoms with Crippen molar-refractivity contribution in [2.24, 2.45) is 0 Å². The van der Waals surface area contributed by atoms with E-state index in [1.54, 1.807) is 0 Å². The average Bonchev–Trinajstić information content (AvgIpc) is 2.65. The summed E-state index contributed by atoms with van der Waals surface area (Å²) >= 11 is 0. The zero-order valence-corrected chi connectivity index (χ0v) is 18.1. The first-order chi connectivity index (χ1) is 13.2. The summed E-state index contributed by atoms with van der Waals surface area (Å²) < 4.78 is 5.35. The Hall–Kier alpha value is -2.35. The fourth-order valence-corrected chi connectivity index (χ4v) is 4.14. The van der Waals surface area contributed by atoms with Crippen LogP contribution in [0.5, 0.6) is 0 Å². The van der Waals surface area contributed by atoms with Crippen LogP contribution in [0, 0.1) is 6.92 Å². The van der Waals surface area contributed by atoms with Gasteiger partial charge in [0, 0.05) is 0 Å². The maximum Gasteiger partial charge on any atom is 0.338 e. The minimum absolute atomic E-state index is 0.137. The average molecular weight is 377 g/mol. The lowest BCUT2D eigenvalue weighted by molar-refractivity contribution is -0.136. The van der Waals surface area contributed by atoms with Crippen molar-refractivity contribution in [1.29, 1.82) is 0 Å². The van der Waals surface area contributed by atoms with Gasteiger partial charge in [-0.1, -0.05) is 70.2 Å². The van der Waals surface area contributed by atoms with Crippen molar-refractivity contribution in [3.8, 4) is 0 Å². The smallest absolute Gasteiger partial charge is 0.338 e. The van der Waals surface area contributed by atoms with Crippen molar-refractivity contribution in [3.05, 3.63) is 70.3 Å². The summed E-state index contributed by atoms with van der Waals surface area (Å²) in [6.07, 6.45) is 4.36. The first-order valence-corrected chi connectivity index (χ1v) is 10.3. The molecular formula is C26H32O2. The Morgan fingerprint density at radius 1 is 1.00 bits per heavy atom. The summed E-state index contributed by atoms with van der Waals surface area (Å²) in [5, 5.41) is 0. The second-order valence-electron chi connectivity index (χ2n) is 9.17. The number of rotatable bonds is 4. The molecule has 0 N–H and O–H groups in total.